The highest BCUT2D eigenvalue weighted by atomic mass is 17.1. The van der Waals surface area contributed by atoms with E-state index in [9.17, 15) is 4.79 Å². The summed E-state index contributed by atoms with van der Waals surface area (Å²) in [5.74, 6) is -0.736. The Morgan fingerprint density at radius 2 is 1.65 bits per heavy atom. The van der Waals surface area contributed by atoms with Crippen molar-refractivity contribution >= 4 is 5.97 Å². The number of carbonyl (C=O) groups excluding carboxylic acids is 1. The molecule has 0 atom stereocenters. The first-order valence-corrected chi connectivity index (χ1v) is 5.09. The Balaban J connectivity index is 0.000000325. The average Bonchev–Trinajstić information content (AvgIpc) is 2.40. The van der Waals surface area contributed by atoms with Crippen LogP contribution in [0.1, 0.15) is 10.4 Å². The third-order valence-electron chi connectivity index (χ3n) is 1.67. The molecule has 0 aliphatic carbocycles. The second-order valence-electron chi connectivity index (χ2n) is 2.94. The van der Waals surface area contributed by atoms with Crippen LogP contribution in [-0.4, -0.2) is 47.7 Å². The highest BCUT2D eigenvalue weighted by Crippen LogP contribution is 1.98. The van der Waals surface area contributed by atoms with Crippen LogP contribution in [0.4, 0.5) is 0 Å². The first-order chi connectivity index (χ1) is 8.26. The fourth-order valence-corrected chi connectivity index (χ4v) is 0.910. The van der Waals surface area contributed by atoms with Gasteiger partial charge in [0.25, 0.3) is 0 Å². The topological polar surface area (TPSA) is 99.0 Å². The lowest BCUT2D eigenvalue weighted by Gasteiger charge is -1.94. The van der Waals surface area contributed by atoms with Crippen molar-refractivity contribution in [2.45, 2.75) is 0 Å². The lowest BCUT2D eigenvalue weighted by atomic mass is 10.2. The van der Waals surface area contributed by atoms with Gasteiger partial charge in [-0.25, -0.2) is 4.79 Å². The summed E-state index contributed by atoms with van der Waals surface area (Å²) in [5.41, 5.74) is 0.338. The van der Waals surface area contributed by atoms with E-state index in [-0.39, 0.29) is 13.2 Å². The predicted octanol–water partition coefficient (Wildman–Crippen LogP) is -0.123. The summed E-state index contributed by atoms with van der Waals surface area (Å²) in [4.78, 5) is 14.0. The Morgan fingerprint density at radius 1 is 1.12 bits per heavy atom. The van der Waals surface area contributed by atoms with Gasteiger partial charge < -0.3 is 15.5 Å². The molecule has 0 amide bonds. The van der Waals surface area contributed by atoms with Crippen LogP contribution < -0.4 is 5.32 Å². The van der Waals surface area contributed by atoms with E-state index in [2.05, 4.69) is 10.2 Å². The molecule has 4 N–H and O–H groups in total. The number of hydrogen-bond acceptors (Lipinski definition) is 6. The lowest BCUT2D eigenvalue weighted by molar-refractivity contribution is -0.182. The molecule has 6 heteroatoms. The average molecular weight is 243 g/mol. The molecule has 0 fully saturated rings. The molecule has 0 radical (unpaired) electrons. The summed E-state index contributed by atoms with van der Waals surface area (Å²) >= 11 is 0. The standard InChI is InChI=1S/C7H6O3.C4H11NO2/c8-7(10-9)6-4-2-1-3-5-6;6-3-1-5-2-4-7/h1-5,9H;5-7H,1-4H2. The molecule has 0 saturated heterocycles. The molecule has 17 heavy (non-hydrogen) atoms. The normalized spacial score (nSPS) is 9.12. The van der Waals surface area contributed by atoms with Crippen LogP contribution in [0.2, 0.25) is 0 Å². The van der Waals surface area contributed by atoms with Gasteiger partial charge in [0, 0.05) is 13.1 Å². The van der Waals surface area contributed by atoms with Crippen LogP contribution >= 0.6 is 0 Å². The quantitative estimate of drug-likeness (QED) is 0.327. The zero-order valence-electron chi connectivity index (χ0n) is 9.37. The number of nitrogens with one attached hydrogen (secondary N) is 1. The summed E-state index contributed by atoms with van der Waals surface area (Å²) in [6.07, 6.45) is 0. The predicted molar refractivity (Wildman–Crippen MR) is 61.5 cm³/mol. The maximum atomic E-state index is 10.5. The van der Waals surface area contributed by atoms with Crippen LogP contribution in [0, 0.1) is 0 Å². The minimum Gasteiger partial charge on any atom is -0.395 e. The molecular formula is C11H17NO5. The fraction of sp³-hybridized carbons (Fsp3) is 0.364. The Hall–Kier alpha value is -1.47. The second kappa shape index (κ2) is 11.0. The van der Waals surface area contributed by atoms with Crippen molar-refractivity contribution in [3.8, 4) is 0 Å². The first-order valence-electron chi connectivity index (χ1n) is 5.09. The molecule has 96 valence electrons. The van der Waals surface area contributed by atoms with E-state index in [0.717, 1.165) is 0 Å². The molecule has 0 spiro atoms. The molecule has 0 aliphatic heterocycles. The number of aliphatic hydroxyl groups excluding tert-OH is 2. The third kappa shape index (κ3) is 8.35. The molecule has 1 rings (SSSR count). The van der Waals surface area contributed by atoms with Crippen LogP contribution in [0.15, 0.2) is 30.3 Å². The van der Waals surface area contributed by atoms with Gasteiger partial charge in [-0.15, -0.1) is 0 Å². The maximum absolute atomic E-state index is 10.5. The van der Waals surface area contributed by atoms with E-state index >= 15 is 0 Å². The van der Waals surface area contributed by atoms with E-state index in [1.807, 2.05) is 0 Å². The Morgan fingerprint density at radius 3 is 2.06 bits per heavy atom. The summed E-state index contributed by atoms with van der Waals surface area (Å²) in [6, 6.07) is 8.25. The summed E-state index contributed by atoms with van der Waals surface area (Å²) in [7, 11) is 0. The van der Waals surface area contributed by atoms with E-state index in [1.54, 1.807) is 30.3 Å². The Bertz CT molecular complexity index is 287. The van der Waals surface area contributed by atoms with Crippen LogP contribution in [-0.2, 0) is 4.89 Å². The van der Waals surface area contributed by atoms with E-state index in [1.165, 1.54) is 0 Å². The molecular weight excluding hydrogens is 226 g/mol. The number of aliphatic hydroxyl groups is 2. The van der Waals surface area contributed by atoms with E-state index in [4.69, 9.17) is 15.5 Å². The second-order valence-corrected chi connectivity index (χ2v) is 2.94. The van der Waals surface area contributed by atoms with Gasteiger partial charge in [0.1, 0.15) is 0 Å². The van der Waals surface area contributed by atoms with Gasteiger partial charge in [-0.2, -0.15) is 5.26 Å². The molecule has 6 nitrogen and oxygen atoms in total. The van der Waals surface area contributed by atoms with Crippen LogP contribution in [0.25, 0.3) is 0 Å². The zero-order chi connectivity index (χ0) is 12.9. The number of benzene rings is 1. The van der Waals surface area contributed by atoms with Crippen molar-refractivity contribution in [1.29, 1.82) is 0 Å². The van der Waals surface area contributed by atoms with Crippen LogP contribution in [0.5, 0.6) is 0 Å². The minimum atomic E-state index is -0.736. The Labute approximate surface area is 99.4 Å². The smallest absolute Gasteiger partial charge is 0.372 e. The highest BCUT2D eigenvalue weighted by Gasteiger charge is 2.02. The summed E-state index contributed by atoms with van der Waals surface area (Å²) in [6.45, 7) is 1.42. The van der Waals surface area contributed by atoms with Gasteiger partial charge in [0.15, 0.2) is 0 Å². The number of hydrogen-bond donors (Lipinski definition) is 4. The molecule has 0 bridgehead atoms. The van der Waals surface area contributed by atoms with Gasteiger partial charge in [0.05, 0.1) is 18.8 Å². The van der Waals surface area contributed by atoms with Gasteiger partial charge in [0.2, 0.25) is 0 Å². The van der Waals surface area contributed by atoms with Crippen molar-refractivity contribution < 1.29 is 25.2 Å². The van der Waals surface area contributed by atoms with Gasteiger partial charge in [-0.05, 0) is 12.1 Å². The van der Waals surface area contributed by atoms with Crippen molar-refractivity contribution in [3.63, 3.8) is 0 Å². The minimum absolute atomic E-state index is 0.139. The van der Waals surface area contributed by atoms with Crippen molar-refractivity contribution in [3.05, 3.63) is 35.9 Å². The molecule has 0 aromatic heterocycles. The summed E-state index contributed by atoms with van der Waals surface area (Å²) < 4.78 is 0. The number of rotatable bonds is 5. The van der Waals surface area contributed by atoms with Crippen molar-refractivity contribution in [2.75, 3.05) is 26.3 Å². The molecule has 1 aromatic carbocycles. The molecule has 0 saturated carbocycles. The summed E-state index contributed by atoms with van der Waals surface area (Å²) in [5, 5.41) is 27.0. The molecule has 1 aromatic rings. The van der Waals surface area contributed by atoms with Gasteiger partial charge >= 0.3 is 5.97 Å². The van der Waals surface area contributed by atoms with Crippen molar-refractivity contribution in [2.24, 2.45) is 0 Å². The third-order valence-corrected chi connectivity index (χ3v) is 1.67. The fourth-order valence-electron chi connectivity index (χ4n) is 0.910. The lowest BCUT2D eigenvalue weighted by Crippen LogP contribution is -2.21. The monoisotopic (exact) mass is 243 g/mol. The molecule has 0 heterocycles. The Kier molecular flexibility index (Phi) is 10.1. The van der Waals surface area contributed by atoms with Crippen molar-refractivity contribution in [1.82, 2.24) is 5.32 Å². The zero-order valence-corrected chi connectivity index (χ0v) is 9.37. The van der Waals surface area contributed by atoms with Gasteiger partial charge in [-0.3, -0.25) is 4.89 Å². The maximum Gasteiger partial charge on any atom is 0.372 e. The van der Waals surface area contributed by atoms with E-state index < -0.39 is 5.97 Å². The SMILES string of the molecule is O=C(OO)c1ccccc1.OCCNCCO. The van der Waals surface area contributed by atoms with Crippen LogP contribution in [0.3, 0.4) is 0 Å². The van der Waals surface area contributed by atoms with E-state index in [0.29, 0.717) is 18.7 Å². The van der Waals surface area contributed by atoms with Gasteiger partial charge in [-0.1, -0.05) is 18.2 Å². The molecule has 0 unspecified atom stereocenters. The number of carbonyl (C=O) groups is 1. The first kappa shape index (κ1) is 15.5. The largest absolute Gasteiger partial charge is 0.395 e. The molecule has 0 aliphatic rings. The highest BCUT2D eigenvalue weighted by molar-refractivity contribution is 5.88.